The largest absolute Gasteiger partial charge is 0.301 e. The second-order valence-corrected chi connectivity index (χ2v) is 3.04. The van der Waals surface area contributed by atoms with Crippen LogP contribution in [0.3, 0.4) is 0 Å². The summed E-state index contributed by atoms with van der Waals surface area (Å²) in [6.07, 6.45) is 7.45. The van der Waals surface area contributed by atoms with Gasteiger partial charge in [0.2, 0.25) is 0 Å². The Hall–Kier alpha value is -0.0800. The van der Waals surface area contributed by atoms with Crippen LogP contribution in [0.25, 0.3) is 0 Å². The van der Waals surface area contributed by atoms with Crippen LogP contribution in [0.5, 0.6) is 0 Å². The fraction of sp³-hybridized carbons (Fsp3) is 1.00. The first-order chi connectivity index (χ1) is 5.35. The van der Waals surface area contributed by atoms with Crippen LogP contribution in [0.15, 0.2) is 0 Å². The topological polar surface area (TPSA) is 35.2 Å². The highest BCUT2D eigenvalue weighted by molar-refractivity contribution is 4.56. The lowest BCUT2D eigenvalue weighted by molar-refractivity contribution is 0.0385. The fourth-order valence-electron chi connectivity index (χ4n) is 1.14. The van der Waals surface area contributed by atoms with E-state index in [4.69, 9.17) is 10.7 Å². The van der Waals surface area contributed by atoms with Crippen LogP contribution in [0, 0.1) is 0 Å². The van der Waals surface area contributed by atoms with E-state index in [1.165, 1.54) is 25.7 Å². The zero-order chi connectivity index (χ0) is 8.53. The summed E-state index contributed by atoms with van der Waals surface area (Å²) in [6, 6.07) is 0. The first-order valence-corrected chi connectivity index (χ1v) is 4.70. The SMILES string of the molecule is CCCCC(CCCC)ON. The molecule has 68 valence electrons. The predicted molar refractivity (Wildman–Crippen MR) is 48.1 cm³/mol. The van der Waals surface area contributed by atoms with Gasteiger partial charge in [0.15, 0.2) is 0 Å². The van der Waals surface area contributed by atoms with Crippen molar-refractivity contribution in [3.05, 3.63) is 0 Å². The average Bonchev–Trinajstić information content (AvgIpc) is 2.05. The van der Waals surface area contributed by atoms with Crippen molar-refractivity contribution < 1.29 is 4.84 Å². The Labute approximate surface area is 70.1 Å². The maximum absolute atomic E-state index is 5.15. The molecule has 0 aromatic carbocycles. The first kappa shape index (κ1) is 10.9. The third-order valence-electron chi connectivity index (χ3n) is 1.95. The van der Waals surface area contributed by atoms with Crippen LogP contribution in [0.1, 0.15) is 52.4 Å². The Balaban J connectivity index is 3.25. The van der Waals surface area contributed by atoms with E-state index in [1.807, 2.05) is 0 Å². The summed E-state index contributed by atoms with van der Waals surface area (Å²) in [5, 5.41) is 0. The first-order valence-electron chi connectivity index (χ1n) is 4.70. The molecular formula is C9H21NO. The molecule has 0 radical (unpaired) electrons. The van der Waals surface area contributed by atoms with Gasteiger partial charge in [-0.15, -0.1) is 0 Å². The van der Waals surface area contributed by atoms with Gasteiger partial charge in [-0.05, 0) is 12.8 Å². The molecule has 0 aliphatic heterocycles. The molecule has 0 aliphatic carbocycles. The fourth-order valence-corrected chi connectivity index (χ4v) is 1.14. The number of rotatable bonds is 7. The van der Waals surface area contributed by atoms with Gasteiger partial charge in [-0.25, -0.2) is 5.90 Å². The summed E-state index contributed by atoms with van der Waals surface area (Å²) in [6.45, 7) is 4.38. The van der Waals surface area contributed by atoms with Crippen LogP contribution in [0.2, 0.25) is 0 Å². The van der Waals surface area contributed by atoms with Gasteiger partial charge in [-0.3, -0.25) is 0 Å². The molecule has 0 heterocycles. The Bertz CT molecular complexity index is 68.0. The van der Waals surface area contributed by atoms with Gasteiger partial charge < -0.3 is 4.84 Å². The highest BCUT2D eigenvalue weighted by Gasteiger charge is 2.05. The molecule has 11 heavy (non-hydrogen) atoms. The van der Waals surface area contributed by atoms with Crippen LogP contribution >= 0.6 is 0 Å². The van der Waals surface area contributed by atoms with Gasteiger partial charge in [0, 0.05) is 0 Å². The van der Waals surface area contributed by atoms with E-state index in [9.17, 15) is 0 Å². The standard InChI is InChI=1S/C9H21NO/c1-3-5-7-9(11-10)8-6-4-2/h9H,3-8,10H2,1-2H3. The van der Waals surface area contributed by atoms with Crippen LogP contribution in [0.4, 0.5) is 0 Å². The van der Waals surface area contributed by atoms with E-state index in [2.05, 4.69) is 13.8 Å². The lowest BCUT2D eigenvalue weighted by Gasteiger charge is -2.12. The van der Waals surface area contributed by atoms with Gasteiger partial charge in [0.05, 0.1) is 6.10 Å². The van der Waals surface area contributed by atoms with Crippen molar-refractivity contribution in [3.63, 3.8) is 0 Å². The molecule has 0 saturated carbocycles. The Kier molecular flexibility index (Phi) is 7.96. The van der Waals surface area contributed by atoms with Gasteiger partial charge in [-0.2, -0.15) is 0 Å². The summed E-state index contributed by atoms with van der Waals surface area (Å²) in [5.74, 6) is 5.15. The quantitative estimate of drug-likeness (QED) is 0.579. The molecule has 2 N–H and O–H groups in total. The second kappa shape index (κ2) is 8.02. The minimum atomic E-state index is 0.301. The van der Waals surface area contributed by atoms with E-state index < -0.39 is 0 Å². The number of hydrogen-bond acceptors (Lipinski definition) is 2. The van der Waals surface area contributed by atoms with Crippen molar-refractivity contribution in [2.45, 2.75) is 58.5 Å². The van der Waals surface area contributed by atoms with Crippen molar-refractivity contribution in [1.82, 2.24) is 0 Å². The molecule has 0 aromatic rings. The Morgan fingerprint density at radius 1 is 1.09 bits per heavy atom. The third-order valence-corrected chi connectivity index (χ3v) is 1.95. The molecule has 0 bridgehead atoms. The Morgan fingerprint density at radius 2 is 1.55 bits per heavy atom. The van der Waals surface area contributed by atoms with E-state index >= 15 is 0 Å². The molecule has 2 nitrogen and oxygen atoms in total. The van der Waals surface area contributed by atoms with E-state index in [0.717, 1.165) is 12.8 Å². The molecule has 0 atom stereocenters. The smallest absolute Gasteiger partial charge is 0.0787 e. The molecular weight excluding hydrogens is 138 g/mol. The maximum atomic E-state index is 5.15. The lowest BCUT2D eigenvalue weighted by Crippen LogP contribution is -2.16. The summed E-state index contributed by atoms with van der Waals surface area (Å²) in [5.41, 5.74) is 0. The maximum Gasteiger partial charge on any atom is 0.0787 e. The van der Waals surface area contributed by atoms with Crippen molar-refractivity contribution >= 4 is 0 Å². The van der Waals surface area contributed by atoms with E-state index in [0.29, 0.717) is 6.10 Å². The molecule has 0 amide bonds. The number of unbranched alkanes of at least 4 members (excludes halogenated alkanes) is 2. The molecule has 2 heteroatoms. The second-order valence-electron chi connectivity index (χ2n) is 3.04. The minimum Gasteiger partial charge on any atom is -0.301 e. The molecule has 0 aliphatic rings. The lowest BCUT2D eigenvalue weighted by atomic mass is 10.1. The van der Waals surface area contributed by atoms with Gasteiger partial charge in [0.1, 0.15) is 0 Å². The molecule has 0 saturated heterocycles. The van der Waals surface area contributed by atoms with Gasteiger partial charge in [-0.1, -0.05) is 39.5 Å². The highest BCUT2D eigenvalue weighted by Crippen LogP contribution is 2.10. The summed E-state index contributed by atoms with van der Waals surface area (Å²) in [7, 11) is 0. The highest BCUT2D eigenvalue weighted by atomic mass is 16.6. The molecule has 0 aromatic heterocycles. The van der Waals surface area contributed by atoms with Crippen LogP contribution in [-0.2, 0) is 4.84 Å². The molecule has 0 unspecified atom stereocenters. The van der Waals surface area contributed by atoms with Gasteiger partial charge >= 0.3 is 0 Å². The summed E-state index contributed by atoms with van der Waals surface area (Å²) >= 11 is 0. The summed E-state index contributed by atoms with van der Waals surface area (Å²) in [4.78, 5) is 4.85. The minimum absolute atomic E-state index is 0.301. The normalized spacial score (nSPS) is 10.9. The number of hydrogen-bond donors (Lipinski definition) is 1. The van der Waals surface area contributed by atoms with Crippen molar-refractivity contribution in [3.8, 4) is 0 Å². The van der Waals surface area contributed by atoms with Crippen LogP contribution < -0.4 is 5.90 Å². The molecule has 0 rings (SSSR count). The van der Waals surface area contributed by atoms with E-state index in [-0.39, 0.29) is 0 Å². The summed E-state index contributed by atoms with van der Waals surface area (Å²) < 4.78 is 0. The number of nitrogens with two attached hydrogens (primary N) is 1. The molecule has 0 fully saturated rings. The monoisotopic (exact) mass is 159 g/mol. The molecule has 0 spiro atoms. The zero-order valence-corrected chi connectivity index (χ0v) is 7.81. The van der Waals surface area contributed by atoms with Crippen molar-refractivity contribution in [1.29, 1.82) is 0 Å². The van der Waals surface area contributed by atoms with Crippen molar-refractivity contribution in [2.75, 3.05) is 0 Å². The predicted octanol–water partition coefficient (Wildman–Crippen LogP) is 2.63. The van der Waals surface area contributed by atoms with E-state index in [1.54, 1.807) is 0 Å². The zero-order valence-electron chi connectivity index (χ0n) is 7.81. The van der Waals surface area contributed by atoms with Crippen LogP contribution in [-0.4, -0.2) is 6.10 Å². The van der Waals surface area contributed by atoms with Crippen molar-refractivity contribution in [2.24, 2.45) is 5.90 Å². The average molecular weight is 159 g/mol. The van der Waals surface area contributed by atoms with Gasteiger partial charge in [0.25, 0.3) is 0 Å². The Morgan fingerprint density at radius 3 is 1.82 bits per heavy atom. The third kappa shape index (κ3) is 6.32.